The average Bonchev–Trinajstić information content (AvgIpc) is 2.98. The highest BCUT2D eigenvalue weighted by atomic mass is 35.5. The van der Waals surface area contributed by atoms with Crippen LogP contribution in [0.2, 0.25) is 10.0 Å². The second kappa shape index (κ2) is 14.1. The second-order valence-corrected chi connectivity index (χ2v) is 11.5. The monoisotopic (exact) mass is 628 g/mol. The van der Waals surface area contributed by atoms with E-state index in [1.165, 1.54) is 24.3 Å². The number of hydrogen-bond acceptors (Lipinski definition) is 7. The van der Waals surface area contributed by atoms with E-state index in [9.17, 15) is 18.0 Å². The summed E-state index contributed by atoms with van der Waals surface area (Å²) in [5, 5.41) is 11.7. The molecule has 10 nitrogen and oxygen atoms in total. The van der Waals surface area contributed by atoms with Crippen molar-refractivity contribution in [2.75, 3.05) is 16.6 Å². The van der Waals surface area contributed by atoms with Crippen molar-refractivity contribution < 1.29 is 28.0 Å². The molecule has 4 N–H and O–H groups in total. The fraction of sp³-hybridized carbons (Fsp3) is 0.138. The van der Waals surface area contributed by atoms with Crippen molar-refractivity contribution in [3.8, 4) is 17.0 Å². The first-order valence-corrected chi connectivity index (χ1v) is 14.9. The van der Waals surface area contributed by atoms with Crippen molar-refractivity contribution in [2.24, 2.45) is 0 Å². The summed E-state index contributed by atoms with van der Waals surface area (Å²) in [5.41, 5.74) is 3.64. The molecule has 0 saturated heterocycles. The number of nitrogens with zero attached hydrogens (tertiary/aromatic N) is 1. The molecule has 2 amide bonds. The molecule has 0 aliphatic carbocycles. The number of nitrogens with one attached hydrogen (secondary N) is 3. The van der Waals surface area contributed by atoms with Gasteiger partial charge in [0.15, 0.2) is 0 Å². The van der Waals surface area contributed by atoms with Crippen LogP contribution in [-0.4, -0.2) is 37.0 Å². The van der Waals surface area contributed by atoms with Gasteiger partial charge in [-0.15, -0.1) is 0 Å². The van der Waals surface area contributed by atoms with E-state index in [1.54, 1.807) is 60.2 Å². The summed E-state index contributed by atoms with van der Waals surface area (Å²) in [4.78, 5) is 28.2. The van der Waals surface area contributed by atoms with Gasteiger partial charge in [-0.3, -0.25) is 24.5 Å². The molecule has 0 spiro atoms. The molecule has 4 rings (SSSR count). The third kappa shape index (κ3) is 8.20. The fourth-order valence-corrected chi connectivity index (χ4v) is 5.48. The number of carbonyl (C=O) groups is 2. The molecule has 0 saturated carbocycles. The molecule has 0 aliphatic heterocycles. The van der Waals surface area contributed by atoms with E-state index >= 15 is 0 Å². The number of sulfonamides is 1. The van der Waals surface area contributed by atoms with Crippen molar-refractivity contribution >= 4 is 56.4 Å². The van der Waals surface area contributed by atoms with E-state index in [1.807, 2.05) is 6.07 Å². The molecule has 218 valence electrons. The number of rotatable bonds is 12. The highest BCUT2D eigenvalue weighted by Gasteiger charge is 2.19. The predicted octanol–water partition coefficient (Wildman–Crippen LogP) is 6.16. The number of benzene rings is 3. The van der Waals surface area contributed by atoms with Crippen LogP contribution in [0.3, 0.4) is 0 Å². The molecule has 0 radical (unpaired) electrons. The minimum Gasteiger partial charge on any atom is -0.494 e. The molecule has 3 aromatic carbocycles. The summed E-state index contributed by atoms with van der Waals surface area (Å²) in [6, 6.07) is 20.6. The quantitative estimate of drug-likeness (QED) is 0.0834. The van der Waals surface area contributed by atoms with Crippen LogP contribution in [0.1, 0.15) is 29.6 Å². The van der Waals surface area contributed by atoms with Crippen LogP contribution in [0.5, 0.6) is 5.75 Å². The van der Waals surface area contributed by atoms with Gasteiger partial charge in [-0.05, 0) is 73.5 Å². The lowest BCUT2D eigenvalue weighted by molar-refractivity contribution is -0.129. The van der Waals surface area contributed by atoms with E-state index in [2.05, 4.69) is 15.0 Å². The van der Waals surface area contributed by atoms with Crippen molar-refractivity contribution in [2.45, 2.75) is 24.2 Å². The Bertz CT molecular complexity index is 1690. The van der Waals surface area contributed by atoms with E-state index < -0.39 is 21.8 Å². The lowest BCUT2D eigenvalue weighted by Crippen LogP contribution is -2.18. The Morgan fingerprint density at radius 3 is 2.45 bits per heavy atom. The second-order valence-electron chi connectivity index (χ2n) is 8.98. The van der Waals surface area contributed by atoms with E-state index in [0.717, 1.165) is 0 Å². The van der Waals surface area contributed by atoms with Gasteiger partial charge in [0.25, 0.3) is 15.9 Å². The predicted molar refractivity (Wildman–Crippen MR) is 161 cm³/mol. The third-order valence-electron chi connectivity index (χ3n) is 5.94. The number of aromatic nitrogens is 1. The summed E-state index contributed by atoms with van der Waals surface area (Å²) in [6.07, 6.45) is 2.88. The van der Waals surface area contributed by atoms with Crippen molar-refractivity contribution in [3.05, 3.63) is 101 Å². The summed E-state index contributed by atoms with van der Waals surface area (Å²) in [5.74, 6) is -0.578. The van der Waals surface area contributed by atoms with Gasteiger partial charge in [-0.2, -0.15) is 0 Å². The zero-order valence-electron chi connectivity index (χ0n) is 22.0. The zero-order valence-corrected chi connectivity index (χ0v) is 24.3. The molecule has 1 heterocycles. The number of hydrogen-bond donors (Lipinski definition) is 4. The maximum atomic E-state index is 13.0. The molecule has 0 atom stereocenters. The van der Waals surface area contributed by atoms with Crippen LogP contribution in [0.25, 0.3) is 11.3 Å². The van der Waals surface area contributed by atoms with Crippen LogP contribution in [0.4, 0.5) is 11.4 Å². The van der Waals surface area contributed by atoms with E-state index in [-0.39, 0.29) is 27.6 Å². The molecule has 4 aromatic rings. The first-order valence-electron chi connectivity index (χ1n) is 12.7. The highest BCUT2D eigenvalue weighted by Crippen LogP contribution is 2.30. The number of halogens is 2. The smallest absolute Gasteiger partial charge is 0.261 e. The van der Waals surface area contributed by atoms with Gasteiger partial charge >= 0.3 is 0 Å². The van der Waals surface area contributed by atoms with Gasteiger partial charge in [0.2, 0.25) is 5.91 Å². The van der Waals surface area contributed by atoms with Crippen molar-refractivity contribution in [1.82, 2.24) is 10.5 Å². The Morgan fingerprint density at radius 2 is 1.71 bits per heavy atom. The Labute approximate surface area is 252 Å². The fourth-order valence-electron chi connectivity index (χ4n) is 3.86. The minimum absolute atomic E-state index is 0.0544. The molecule has 1 aromatic heterocycles. The number of ether oxygens (including phenoxy) is 1. The first kappa shape index (κ1) is 30.8. The van der Waals surface area contributed by atoms with E-state index in [4.69, 9.17) is 33.1 Å². The van der Waals surface area contributed by atoms with Gasteiger partial charge in [-0.1, -0.05) is 35.3 Å². The van der Waals surface area contributed by atoms with Crippen LogP contribution < -0.4 is 20.3 Å². The molecule has 0 fully saturated rings. The van der Waals surface area contributed by atoms with Crippen molar-refractivity contribution in [1.29, 1.82) is 0 Å². The van der Waals surface area contributed by atoms with Crippen LogP contribution in [0.15, 0.2) is 90.0 Å². The van der Waals surface area contributed by atoms with Gasteiger partial charge in [0.1, 0.15) is 5.75 Å². The zero-order chi connectivity index (χ0) is 30.1. The molecule has 0 aliphatic rings. The third-order valence-corrected chi connectivity index (χ3v) is 7.96. The summed E-state index contributed by atoms with van der Waals surface area (Å²) >= 11 is 12.7. The minimum atomic E-state index is -4.05. The highest BCUT2D eigenvalue weighted by molar-refractivity contribution is 7.92. The molecule has 42 heavy (non-hydrogen) atoms. The number of pyridine rings is 1. The summed E-state index contributed by atoms with van der Waals surface area (Å²) in [6.45, 7) is 0.300. The van der Waals surface area contributed by atoms with Gasteiger partial charge in [-0.25, -0.2) is 13.9 Å². The number of carbonyl (C=O) groups excluding carboxylic acids is 2. The maximum absolute atomic E-state index is 13.0. The Hall–Kier alpha value is -4.16. The topological polar surface area (TPSA) is 147 Å². The lowest BCUT2D eigenvalue weighted by atomic mass is 10.1. The van der Waals surface area contributed by atoms with E-state index in [0.29, 0.717) is 47.2 Å². The maximum Gasteiger partial charge on any atom is 0.261 e. The summed E-state index contributed by atoms with van der Waals surface area (Å²) < 4.78 is 34.2. The first-order chi connectivity index (χ1) is 20.2. The lowest BCUT2D eigenvalue weighted by Gasteiger charge is -2.13. The van der Waals surface area contributed by atoms with Crippen LogP contribution in [-0.2, 0) is 14.8 Å². The number of anilines is 2. The molecule has 0 unspecified atom stereocenters. The normalized spacial score (nSPS) is 11.0. The Balaban J connectivity index is 1.41. The molecular formula is C29H26Cl2N4O6S. The number of hydroxylamine groups is 1. The average molecular weight is 630 g/mol. The van der Waals surface area contributed by atoms with Gasteiger partial charge in [0.05, 0.1) is 38.5 Å². The molecular weight excluding hydrogens is 603 g/mol. The number of amides is 2. The Morgan fingerprint density at radius 1 is 0.881 bits per heavy atom. The van der Waals surface area contributed by atoms with Crippen LogP contribution >= 0.6 is 23.2 Å². The standard InChI is InChI=1S/C29H26Cl2N4O6S/c30-25-13-10-19(17-24(25)27-8-1-3-14-32-27)33-29(37)23-12-11-22(18-26(23)31)42(39,40)35-20-6-5-7-21(16-20)41-15-4-2-9-28(36)34-38/h1,3,5-8,10-14,16-18,35,38H,2,4,9,15H2,(H,33,37)(H,34,36). The van der Waals surface area contributed by atoms with Gasteiger partial charge in [0, 0.05) is 29.9 Å². The summed E-state index contributed by atoms with van der Waals surface area (Å²) in [7, 11) is -4.05. The number of unbranched alkanes of at least 4 members (excludes halogenated alkanes) is 1. The van der Waals surface area contributed by atoms with Crippen molar-refractivity contribution in [3.63, 3.8) is 0 Å². The Kier molecular flexibility index (Phi) is 10.4. The largest absolute Gasteiger partial charge is 0.494 e. The molecule has 0 bridgehead atoms. The van der Waals surface area contributed by atoms with Crippen LogP contribution in [0, 0.1) is 0 Å². The SMILES string of the molecule is O=C(CCCCOc1cccc(NS(=O)(=O)c2ccc(C(=O)Nc3ccc(Cl)c(-c4ccccn4)c3)c(Cl)c2)c1)NO. The van der Waals surface area contributed by atoms with Gasteiger partial charge < -0.3 is 10.1 Å². The molecule has 13 heteroatoms.